The minimum absolute atomic E-state index is 0.000367. The Bertz CT molecular complexity index is 716. The number of benzene rings is 1. The van der Waals surface area contributed by atoms with Crippen LogP contribution in [0.3, 0.4) is 0 Å². The van der Waals surface area contributed by atoms with Crippen LogP contribution in [-0.2, 0) is 9.84 Å². The molecular weight excluding hydrogens is 304 g/mol. The van der Waals surface area contributed by atoms with E-state index in [-0.39, 0.29) is 40.8 Å². The fourth-order valence-electron chi connectivity index (χ4n) is 3.36. The van der Waals surface area contributed by atoms with Crippen LogP contribution in [0.4, 0.5) is 0 Å². The number of carbonyl (C=O) groups excluding carboxylic acids is 1. The SMILES string of the molecule is Cc1ccc(C(=O)N2CCN(C)[C@H]3CS(=O)(=O)C[C@H]32)c(O)c1. The molecule has 2 heterocycles. The van der Waals surface area contributed by atoms with Crippen molar-refractivity contribution >= 4 is 15.7 Å². The van der Waals surface area contributed by atoms with E-state index in [2.05, 4.69) is 0 Å². The van der Waals surface area contributed by atoms with Gasteiger partial charge in [0.25, 0.3) is 5.91 Å². The predicted octanol–water partition coefficient (Wildman–Crippen LogP) is 0.254. The van der Waals surface area contributed by atoms with E-state index in [0.717, 1.165) is 5.56 Å². The van der Waals surface area contributed by atoms with Gasteiger partial charge >= 0.3 is 0 Å². The van der Waals surface area contributed by atoms with Gasteiger partial charge in [-0.05, 0) is 31.7 Å². The van der Waals surface area contributed by atoms with E-state index >= 15 is 0 Å². The normalized spacial score (nSPS) is 27.6. The van der Waals surface area contributed by atoms with E-state index < -0.39 is 9.84 Å². The molecule has 1 amide bonds. The fraction of sp³-hybridized carbons (Fsp3) is 0.533. The van der Waals surface area contributed by atoms with Crippen LogP contribution < -0.4 is 0 Å². The number of amides is 1. The number of likely N-dealkylation sites (N-methyl/N-ethyl adjacent to an activating group) is 1. The van der Waals surface area contributed by atoms with Crippen molar-refractivity contribution in [1.82, 2.24) is 9.80 Å². The smallest absolute Gasteiger partial charge is 0.257 e. The molecular formula is C15H20N2O4S. The number of sulfone groups is 1. The van der Waals surface area contributed by atoms with Gasteiger partial charge in [0, 0.05) is 19.1 Å². The number of carbonyl (C=O) groups is 1. The molecule has 0 aromatic heterocycles. The Hall–Kier alpha value is -1.60. The molecule has 2 aliphatic rings. The Kier molecular flexibility index (Phi) is 3.65. The molecule has 2 saturated heterocycles. The van der Waals surface area contributed by atoms with E-state index in [0.29, 0.717) is 13.1 Å². The molecule has 2 aliphatic heterocycles. The van der Waals surface area contributed by atoms with Crippen LogP contribution in [0.15, 0.2) is 18.2 Å². The zero-order chi connectivity index (χ0) is 16.1. The van der Waals surface area contributed by atoms with Gasteiger partial charge in [-0.25, -0.2) is 8.42 Å². The van der Waals surface area contributed by atoms with Gasteiger partial charge in [0.1, 0.15) is 5.75 Å². The Morgan fingerprint density at radius 1 is 1.23 bits per heavy atom. The average molecular weight is 324 g/mol. The van der Waals surface area contributed by atoms with Crippen LogP contribution in [0.5, 0.6) is 5.75 Å². The second kappa shape index (κ2) is 5.24. The quantitative estimate of drug-likeness (QED) is 0.801. The third kappa shape index (κ3) is 2.59. The van der Waals surface area contributed by atoms with Gasteiger partial charge in [-0.2, -0.15) is 0 Å². The molecule has 6 nitrogen and oxygen atoms in total. The fourth-order valence-corrected chi connectivity index (χ4v) is 5.41. The van der Waals surface area contributed by atoms with Gasteiger partial charge in [-0.1, -0.05) is 6.07 Å². The van der Waals surface area contributed by atoms with Crippen molar-refractivity contribution < 1.29 is 18.3 Å². The van der Waals surface area contributed by atoms with Crippen LogP contribution in [0.25, 0.3) is 0 Å². The zero-order valence-electron chi connectivity index (χ0n) is 12.7. The maximum atomic E-state index is 12.7. The van der Waals surface area contributed by atoms with Crippen LogP contribution in [0.1, 0.15) is 15.9 Å². The summed E-state index contributed by atoms with van der Waals surface area (Å²) in [7, 11) is -1.23. The van der Waals surface area contributed by atoms with E-state index in [1.807, 2.05) is 18.9 Å². The second-order valence-corrected chi connectivity index (χ2v) is 8.37. The second-order valence-electron chi connectivity index (χ2n) is 6.21. The summed E-state index contributed by atoms with van der Waals surface area (Å²) in [6.07, 6.45) is 0. The predicted molar refractivity (Wildman–Crippen MR) is 82.7 cm³/mol. The molecule has 22 heavy (non-hydrogen) atoms. The Balaban J connectivity index is 1.92. The molecule has 2 fully saturated rings. The number of rotatable bonds is 1. The summed E-state index contributed by atoms with van der Waals surface area (Å²) in [5, 5.41) is 10.0. The highest BCUT2D eigenvalue weighted by Gasteiger charge is 2.47. The number of hydrogen-bond acceptors (Lipinski definition) is 5. The standard InChI is InChI=1S/C15H20N2O4S/c1-10-3-4-11(14(18)7-10)15(19)17-6-5-16(2)12-8-22(20,21)9-13(12)17/h3-4,7,12-13,18H,5-6,8-9H2,1-2H3/t12-,13+/m0/s1. The first-order valence-corrected chi connectivity index (χ1v) is 9.12. The largest absolute Gasteiger partial charge is 0.507 e. The van der Waals surface area contributed by atoms with Crippen LogP contribution in [0.2, 0.25) is 0 Å². The third-order valence-electron chi connectivity index (χ3n) is 4.60. The van der Waals surface area contributed by atoms with Crippen molar-refractivity contribution in [3.8, 4) is 5.75 Å². The number of fused-ring (bicyclic) bond motifs is 1. The topological polar surface area (TPSA) is 77.9 Å². The minimum Gasteiger partial charge on any atom is -0.507 e. The molecule has 1 aromatic rings. The number of nitrogens with zero attached hydrogens (tertiary/aromatic N) is 2. The molecule has 1 aromatic carbocycles. The Morgan fingerprint density at radius 3 is 2.59 bits per heavy atom. The van der Waals surface area contributed by atoms with Crippen LogP contribution >= 0.6 is 0 Å². The van der Waals surface area contributed by atoms with Gasteiger partial charge in [-0.15, -0.1) is 0 Å². The van der Waals surface area contributed by atoms with Crippen molar-refractivity contribution in [3.63, 3.8) is 0 Å². The number of aromatic hydroxyl groups is 1. The Labute approximate surface area is 130 Å². The molecule has 0 unspecified atom stereocenters. The molecule has 7 heteroatoms. The van der Waals surface area contributed by atoms with Gasteiger partial charge in [0.15, 0.2) is 9.84 Å². The molecule has 0 radical (unpaired) electrons. The summed E-state index contributed by atoms with van der Waals surface area (Å²) in [6, 6.07) is 4.43. The number of piperazine rings is 1. The first kappa shape index (κ1) is 15.3. The van der Waals surface area contributed by atoms with Gasteiger partial charge < -0.3 is 10.0 Å². The molecule has 0 aliphatic carbocycles. The third-order valence-corrected chi connectivity index (χ3v) is 6.30. The Morgan fingerprint density at radius 2 is 1.91 bits per heavy atom. The molecule has 0 bridgehead atoms. The van der Waals surface area contributed by atoms with Crippen molar-refractivity contribution in [2.24, 2.45) is 0 Å². The van der Waals surface area contributed by atoms with Gasteiger partial charge in [0.2, 0.25) is 0 Å². The maximum absolute atomic E-state index is 12.7. The van der Waals surface area contributed by atoms with Crippen molar-refractivity contribution in [2.75, 3.05) is 31.6 Å². The van der Waals surface area contributed by atoms with Crippen molar-refractivity contribution in [1.29, 1.82) is 0 Å². The zero-order valence-corrected chi connectivity index (χ0v) is 13.5. The highest BCUT2D eigenvalue weighted by molar-refractivity contribution is 7.91. The summed E-state index contributed by atoms with van der Waals surface area (Å²) < 4.78 is 23.9. The summed E-state index contributed by atoms with van der Waals surface area (Å²) in [5.74, 6) is -0.253. The average Bonchev–Trinajstić information content (AvgIpc) is 2.75. The first-order chi connectivity index (χ1) is 10.3. The monoisotopic (exact) mass is 324 g/mol. The van der Waals surface area contributed by atoms with Crippen molar-refractivity contribution in [2.45, 2.75) is 19.0 Å². The molecule has 1 N–H and O–H groups in total. The van der Waals surface area contributed by atoms with E-state index in [1.54, 1.807) is 23.1 Å². The molecule has 3 rings (SSSR count). The van der Waals surface area contributed by atoms with Gasteiger partial charge in [0.05, 0.1) is 23.1 Å². The number of hydrogen-bond donors (Lipinski definition) is 1. The summed E-state index contributed by atoms with van der Waals surface area (Å²) >= 11 is 0. The number of aryl methyl sites for hydroxylation is 1. The van der Waals surface area contributed by atoms with Crippen molar-refractivity contribution in [3.05, 3.63) is 29.3 Å². The lowest BCUT2D eigenvalue weighted by Crippen LogP contribution is -2.59. The highest BCUT2D eigenvalue weighted by atomic mass is 32.2. The molecule has 2 atom stereocenters. The first-order valence-electron chi connectivity index (χ1n) is 7.30. The van der Waals surface area contributed by atoms with E-state index in [9.17, 15) is 18.3 Å². The maximum Gasteiger partial charge on any atom is 0.257 e. The summed E-state index contributed by atoms with van der Waals surface area (Å²) in [4.78, 5) is 16.4. The van der Waals surface area contributed by atoms with Gasteiger partial charge in [-0.3, -0.25) is 9.69 Å². The number of phenolic OH excluding ortho intramolecular Hbond substituents is 1. The van der Waals surface area contributed by atoms with E-state index in [4.69, 9.17) is 0 Å². The molecule has 0 spiro atoms. The van der Waals surface area contributed by atoms with E-state index in [1.165, 1.54) is 0 Å². The summed E-state index contributed by atoms with van der Waals surface area (Å²) in [6.45, 7) is 2.94. The van der Waals surface area contributed by atoms with Crippen LogP contribution in [0, 0.1) is 6.92 Å². The minimum atomic E-state index is -3.13. The lowest BCUT2D eigenvalue weighted by Gasteiger charge is -2.42. The molecule has 120 valence electrons. The van der Waals surface area contributed by atoms with Crippen LogP contribution in [-0.4, -0.2) is 73.0 Å². The lowest BCUT2D eigenvalue weighted by atomic mass is 10.0. The molecule has 0 saturated carbocycles. The summed E-state index contributed by atoms with van der Waals surface area (Å²) in [5.41, 5.74) is 1.10. The lowest BCUT2D eigenvalue weighted by molar-refractivity contribution is 0.0407. The highest BCUT2D eigenvalue weighted by Crippen LogP contribution is 2.29. The number of phenols is 1.